The standard InChI is InChI=1S/C13H16N4OS/c1-5-6-10(7-14-3)11(8-15-4)13-16-12(9(2)18)17-19-13/h5-8,15H,1H2,2-4H3/b10-6+,11-8+,14-7?. The molecule has 0 unspecified atom stereocenters. The van der Waals surface area contributed by atoms with Gasteiger partial charge in [-0.25, -0.2) is 4.98 Å². The number of hydrogen-bond donors (Lipinski definition) is 1. The number of carbonyl (C=O) groups is 1. The van der Waals surface area contributed by atoms with E-state index >= 15 is 0 Å². The number of aromatic nitrogens is 2. The second kappa shape index (κ2) is 7.38. The van der Waals surface area contributed by atoms with Crippen molar-refractivity contribution in [3.8, 4) is 0 Å². The number of hydrogen-bond acceptors (Lipinski definition) is 6. The molecule has 1 N–H and O–H groups in total. The van der Waals surface area contributed by atoms with Gasteiger partial charge in [-0.05, 0) is 11.5 Å². The average molecular weight is 276 g/mol. The predicted octanol–water partition coefficient (Wildman–Crippen LogP) is 2.11. The third-order valence-electron chi connectivity index (χ3n) is 2.14. The highest BCUT2D eigenvalue weighted by molar-refractivity contribution is 7.06. The van der Waals surface area contributed by atoms with Crippen molar-refractivity contribution >= 4 is 29.1 Å². The summed E-state index contributed by atoms with van der Waals surface area (Å²) < 4.78 is 4.04. The van der Waals surface area contributed by atoms with E-state index in [1.807, 2.05) is 6.08 Å². The van der Waals surface area contributed by atoms with Crippen LogP contribution in [-0.2, 0) is 0 Å². The topological polar surface area (TPSA) is 67.2 Å². The van der Waals surface area contributed by atoms with Gasteiger partial charge in [0, 0.05) is 44.6 Å². The Kier molecular flexibility index (Phi) is 5.81. The van der Waals surface area contributed by atoms with Crippen LogP contribution < -0.4 is 5.32 Å². The Hall–Kier alpha value is -2.08. The zero-order chi connectivity index (χ0) is 14.3. The summed E-state index contributed by atoms with van der Waals surface area (Å²) in [6, 6.07) is 0. The molecule has 0 saturated carbocycles. The molecule has 1 aromatic rings. The summed E-state index contributed by atoms with van der Waals surface area (Å²) in [5, 5.41) is 3.62. The van der Waals surface area contributed by atoms with Crippen molar-refractivity contribution in [3.63, 3.8) is 0 Å². The van der Waals surface area contributed by atoms with Gasteiger partial charge in [-0.2, -0.15) is 4.37 Å². The summed E-state index contributed by atoms with van der Waals surface area (Å²) in [4.78, 5) is 19.5. The second-order valence-electron chi connectivity index (χ2n) is 3.57. The van der Waals surface area contributed by atoms with E-state index in [0.29, 0.717) is 5.01 Å². The molecule has 6 heteroatoms. The van der Waals surface area contributed by atoms with Gasteiger partial charge in [0.15, 0.2) is 5.78 Å². The Balaban J connectivity index is 3.26. The molecule has 1 rings (SSSR count). The zero-order valence-electron chi connectivity index (χ0n) is 11.2. The Morgan fingerprint density at radius 1 is 1.53 bits per heavy atom. The lowest BCUT2D eigenvalue weighted by Gasteiger charge is -2.04. The first-order chi connectivity index (χ1) is 9.13. The van der Waals surface area contributed by atoms with Crippen LogP contribution in [-0.4, -0.2) is 35.5 Å². The highest BCUT2D eigenvalue weighted by Gasteiger charge is 2.14. The maximum Gasteiger partial charge on any atom is 0.209 e. The zero-order valence-corrected chi connectivity index (χ0v) is 12.0. The summed E-state index contributed by atoms with van der Waals surface area (Å²) in [5.41, 5.74) is 1.66. The van der Waals surface area contributed by atoms with Gasteiger partial charge < -0.3 is 5.32 Å². The van der Waals surface area contributed by atoms with Crippen LogP contribution in [0.4, 0.5) is 0 Å². The summed E-state index contributed by atoms with van der Waals surface area (Å²) in [5.74, 6) is 0.0816. The van der Waals surface area contributed by atoms with Gasteiger partial charge in [0.05, 0.1) is 0 Å². The highest BCUT2D eigenvalue weighted by atomic mass is 32.1. The van der Waals surface area contributed by atoms with Crippen molar-refractivity contribution in [2.24, 2.45) is 4.99 Å². The van der Waals surface area contributed by atoms with Crippen molar-refractivity contribution < 1.29 is 4.79 Å². The van der Waals surface area contributed by atoms with E-state index in [2.05, 4.69) is 26.2 Å². The fraction of sp³-hybridized carbons (Fsp3) is 0.231. The molecule has 0 atom stereocenters. The van der Waals surface area contributed by atoms with E-state index in [1.165, 1.54) is 18.5 Å². The van der Waals surface area contributed by atoms with E-state index in [1.54, 1.807) is 32.6 Å². The van der Waals surface area contributed by atoms with Gasteiger partial charge in [-0.1, -0.05) is 18.7 Å². The molecule has 0 bridgehead atoms. The first-order valence-corrected chi connectivity index (χ1v) is 6.39. The van der Waals surface area contributed by atoms with Crippen LogP contribution in [0.3, 0.4) is 0 Å². The molecule has 1 heterocycles. The molecule has 0 amide bonds. The number of ketones is 1. The van der Waals surface area contributed by atoms with E-state index < -0.39 is 0 Å². The van der Waals surface area contributed by atoms with Gasteiger partial charge in [0.1, 0.15) is 5.01 Å². The van der Waals surface area contributed by atoms with Crippen molar-refractivity contribution in [1.82, 2.24) is 14.7 Å². The second-order valence-corrected chi connectivity index (χ2v) is 4.32. The summed E-state index contributed by atoms with van der Waals surface area (Å²) in [6.45, 7) is 5.13. The van der Waals surface area contributed by atoms with E-state index in [0.717, 1.165) is 11.1 Å². The smallest absolute Gasteiger partial charge is 0.209 e. The minimum absolute atomic E-state index is 0.148. The quantitative estimate of drug-likeness (QED) is 0.491. The lowest BCUT2D eigenvalue weighted by atomic mass is 10.1. The number of aliphatic imine (C=N–C) groups is 1. The molecule has 100 valence electrons. The van der Waals surface area contributed by atoms with Crippen LogP contribution in [0.2, 0.25) is 0 Å². The Labute approximate surface area is 116 Å². The molecule has 0 radical (unpaired) electrons. The SMILES string of the molecule is C=C/C=C(C=NC)/C(=C\NC)c1nc(C(C)=O)ns1. The number of nitrogens with zero attached hydrogens (tertiary/aromatic N) is 3. The maximum atomic E-state index is 11.2. The van der Waals surface area contributed by atoms with Crippen LogP contribution >= 0.6 is 11.5 Å². The first-order valence-electron chi connectivity index (χ1n) is 5.61. The molecule has 0 aliphatic carbocycles. The molecule has 0 aromatic carbocycles. The Bertz CT molecular complexity index is 555. The maximum absolute atomic E-state index is 11.2. The molecule has 5 nitrogen and oxygen atoms in total. The van der Waals surface area contributed by atoms with Crippen LogP contribution in [0, 0.1) is 0 Å². The van der Waals surface area contributed by atoms with Gasteiger partial charge in [0.2, 0.25) is 5.82 Å². The number of allylic oxidation sites excluding steroid dienone is 4. The molecule has 0 aliphatic rings. The fourth-order valence-electron chi connectivity index (χ4n) is 1.36. The van der Waals surface area contributed by atoms with E-state index in [-0.39, 0.29) is 11.6 Å². The lowest BCUT2D eigenvalue weighted by molar-refractivity contribution is 0.100. The number of carbonyl (C=O) groups excluding carboxylic acids is 1. The van der Waals surface area contributed by atoms with Crippen molar-refractivity contribution in [1.29, 1.82) is 0 Å². The van der Waals surface area contributed by atoms with Gasteiger partial charge in [-0.15, -0.1) is 0 Å². The van der Waals surface area contributed by atoms with E-state index in [9.17, 15) is 4.79 Å². The number of nitrogens with one attached hydrogen (secondary N) is 1. The van der Waals surface area contributed by atoms with Crippen LogP contribution in [0.1, 0.15) is 22.6 Å². The minimum atomic E-state index is -0.148. The molecule has 0 saturated heterocycles. The molecular formula is C13H16N4OS. The third-order valence-corrected chi connectivity index (χ3v) is 2.88. The monoisotopic (exact) mass is 276 g/mol. The first kappa shape index (κ1) is 15.0. The minimum Gasteiger partial charge on any atom is -0.393 e. The molecule has 0 fully saturated rings. The van der Waals surface area contributed by atoms with Crippen LogP contribution in [0.15, 0.2) is 35.5 Å². The van der Waals surface area contributed by atoms with Crippen molar-refractivity contribution in [3.05, 3.63) is 41.3 Å². The number of rotatable bonds is 6. The summed E-state index contributed by atoms with van der Waals surface area (Å²) in [6.07, 6.45) is 7.00. The molecule has 1 aromatic heterocycles. The van der Waals surface area contributed by atoms with Crippen molar-refractivity contribution in [2.45, 2.75) is 6.92 Å². The largest absolute Gasteiger partial charge is 0.393 e. The predicted molar refractivity (Wildman–Crippen MR) is 79.6 cm³/mol. The van der Waals surface area contributed by atoms with Crippen LogP contribution in [0.25, 0.3) is 5.57 Å². The molecule has 0 aliphatic heterocycles. The molecule has 19 heavy (non-hydrogen) atoms. The Morgan fingerprint density at radius 3 is 2.74 bits per heavy atom. The average Bonchev–Trinajstić information content (AvgIpc) is 2.85. The summed E-state index contributed by atoms with van der Waals surface area (Å²) >= 11 is 1.18. The van der Waals surface area contributed by atoms with Gasteiger partial charge in [-0.3, -0.25) is 9.79 Å². The van der Waals surface area contributed by atoms with Crippen molar-refractivity contribution in [2.75, 3.05) is 14.1 Å². The third kappa shape index (κ3) is 3.96. The summed E-state index contributed by atoms with van der Waals surface area (Å²) in [7, 11) is 3.48. The van der Waals surface area contributed by atoms with Crippen LogP contribution in [0.5, 0.6) is 0 Å². The normalized spacial score (nSPS) is 12.8. The lowest BCUT2D eigenvalue weighted by Crippen LogP contribution is -2.01. The van der Waals surface area contributed by atoms with Gasteiger partial charge in [0.25, 0.3) is 0 Å². The fourth-order valence-corrected chi connectivity index (χ4v) is 2.10. The van der Waals surface area contributed by atoms with E-state index in [4.69, 9.17) is 0 Å². The molecule has 0 spiro atoms. The Morgan fingerprint density at radius 2 is 2.26 bits per heavy atom. The van der Waals surface area contributed by atoms with Gasteiger partial charge >= 0.3 is 0 Å². The number of Topliss-reactive ketones (excluding diaryl/α,β-unsaturated/α-hetero) is 1. The molecular weight excluding hydrogens is 260 g/mol. The highest BCUT2D eigenvalue weighted by Crippen LogP contribution is 2.23.